The molecule has 1 saturated carbocycles. The summed E-state index contributed by atoms with van der Waals surface area (Å²) in [6.45, 7) is 1.18. The van der Waals surface area contributed by atoms with Crippen LogP contribution in [-0.4, -0.2) is 43.4 Å². The van der Waals surface area contributed by atoms with E-state index in [-0.39, 0.29) is 24.3 Å². The van der Waals surface area contributed by atoms with Crippen molar-refractivity contribution in [1.82, 2.24) is 10.6 Å². The van der Waals surface area contributed by atoms with E-state index in [1.807, 2.05) is 30.3 Å². The smallest absolute Gasteiger partial charge is 0.258 e. The van der Waals surface area contributed by atoms with Crippen LogP contribution in [0.5, 0.6) is 11.5 Å². The van der Waals surface area contributed by atoms with Gasteiger partial charge in [-0.2, -0.15) is 0 Å². The third-order valence-electron chi connectivity index (χ3n) is 4.79. The van der Waals surface area contributed by atoms with Gasteiger partial charge in [-0.1, -0.05) is 30.3 Å². The molecule has 0 spiro atoms. The zero-order valence-corrected chi connectivity index (χ0v) is 17.1. The van der Waals surface area contributed by atoms with Crippen molar-refractivity contribution in [1.29, 1.82) is 0 Å². The molecule has 0 radical (unpaired) electrons. The van der Waals surface area contributed by atoms with Crippen LogP contribution in [-0.2, 0) is 16.0 Å². The standard InChI is InChI=1S/C23H26N2O5/c1-15(26)17-8-11-20(21(13-17)29-2)30-14-22(27)25-19(23(28)24-18-9-10-18)12-16-6-4-3-5-7-16/h3-8,11,13,18-19H,9-10,12,14H2,1-2H3,(H,24,28)(H,25,27). The Morgan fingerprint density at radius 3 is 2.43 bits per heavy atom. The Kier molecular flexibility index (Phi) is 7.06. The summed E-state index contributed by atoms with van der Waals surface area (Å²) < 4.78 is 10.8. The van der Waals surface area contributed by atoms with Gasteiger partial charge in [0.25, 0.3) is 5.91 Å². The van der Waals surface area contributed by atoms with E-state index in [9.17, 15) is 14.4 Å². The van der Waals surface area contributed by atoms with Gasteiger partial charge in [0.15, 0.2) is 23.9 Å². The number of carbonyl (C=O) groups excluding carboxylic acids is 3. The van der Waals surface area contributed by atoms with Crippen LogP contribution in [0.3, 0.4) is 0 Å². The Bertz CT molecular complexity index is 909. The monoisotopic (exact) mass is 410 g/mol. The maximum atomic E-state index is 12.6. The average Bonchev–Trinajstić information content (AvgIpc) is 3.56. The predicted octanol–water partition coefficient (Wildman–Crippen LogP) is 2.28. The second-order valence-electron chi connectivity index (χ2n) is 7.30. The first-order valence-corrected chi connectivity index (χ1v) is 9.91. The lowest BCUT2D eigenvalue weighted by Crippen LogP contribution is -2.49. The van der Waals surface area contributed by atoms with Gasteiger partial charge in [-0.3, -0.25) is 14.4 Å². The molecule has 2 aromatic rings. The Morgan fingerprint density at radius 2 is 1.80 bits per heavy atom. The fraction of sp³-hybridized carbons (Fsp3) is 0.348. The van der Waals surface area contributed by atoms with Gasteiger partial charge in [0.05, 0.1) is 7.11 Å². The van der Waals surface area contributed by atoms with E-state index in [1.165, 1.54) is 14.0 Å². The number of nitrogens with one attached hydrogen (secondary N) is 2. The number of ketones is 1. The molecule has 2 amide bonds. The highest BCUT2D eigenvalue weighted by Crippen LogP contribution is 2.28. The molecule has 158 valence electrons. The first kappa shape index (κ1) is 21.4. The number of carbonyl (C=O) groups is 3. The molecule has 0 aromatic heterocycles. The first-order chi connectivity index (χ1) is 14.5. The van der Waals surface area contributed by atoms with Crippen molar-refractivity contribution in [2.24, 2.45) is 0 Å². The molecular weight excluding hydrogens is 384 g/mol. The maximum absolute atomic E-state index is 12.6. The number of methoxy groups -OCH3 is 1. The van der Waals surface area contributed by atoms with Crippen LogP contribution >= 0.6 is 0 Å². The van der Waals surface area contributed by atoms with Crippen molar-refractivity contribution in [2.45, 2.75) is 38.3 Å². The zero-order valence-electron chi connectivity index (χ0n) is 17.1. The van der Waals surface area contributed by atoms with Crippen LogP contribution in [0.1, 0.15) is 35.7 Å². The van der Waals surface area contributed by atoms with Crippen molar-refractivity contribution < 1.29 is 23.9 Å². The molecule has 1 fully saturated rings. The molecule has 7 heteroatoms. The minimum Gasteiger partial charge on any atom is -0.493 e. The van der Waals surface area contributed by atoms with E-state index in [2.05, 4.69) is 10.6 Å². The summed E-state index contributed by atoms with van der Waals surface area (Å²) in [6.07, 6.45) is 2.33. The second-order valence-corrected chi connectivity index (χ2v) is 7.30. The number of amides is 2. The molecule has 1 atom stereocenters. The fourth-order valence-electron chi connectivity index (χ4n) is 2.97. The van der Waals surface area contributed by atoms with E-state index < -0.39 is 11.9 Å². The van der Waals surface area contributed by atoms with Crippen molar-refractivity contribution >= 4 is 17.6 Å². The van der Waals surface area contributed by atoms with Gasteiger partial charge in [0.2, 0.25) is 5.91 Å². The fourth-order valence-corrected chi connectivity index (χ4v) is 2.97. The molecule has 0 heterocycles. The molecule has 2 aromatic carbocycles. The quantitative estimate of drug-likeness (QED) is 0.586. The van der Waals surface area contributed by atoms with Gasteiger partial charge in [-0.25, -0.2) is 0 Å². The van der Waals surface area contributed by atoms with Gasteiger partial charge < -0.3 is 20.1 Å². The molecule has 2 N–H and O–H groups in total. The minimum absolute atomic E-state index is 0.0944. The Labute approximate surface area is 175 Å². The Morgan fingerprint density at radius 1 is 1.07 bits per heavy atom. The van der Waals surface area contributed by atoms with Crippen LogP contribution in [0, 0.1) is 0 Å². The van der Waals surface area contributed by atoms with Gasteiger partial charge in [-0.15, -0.1) is 0 Å². The van der Waals surface area contributed by atoms with Gasteiger partial charge >= 0.3 is 0 Å². The maximum Gasteiger partial charge on any atom is 0.258 e. The number of ether oxygens (including phenoxy) is 2. The summed E-state index contributed by atoms with van der Waals surface area (Å²) in [6, 6.07) is 13.8. The van der Waals surface area contributed by atoms with Gasteiger partial charge in [0.1, 0.15) is 6.04 Å². The van der Waals surface area contributed by atoms with Crippen molar-refractivity contribution in [3.8, 4) is 11.5 Å². The first-order valence-electron chi connectivity index (χ1n) is 9.91. The number of hydrogen-bond donors (Lipinski definition) is 2. The summed E-state index contributed by atoms with van der Waals surface area (Å²) in [7, 11) is 1.46. The highest BCUT2D eigenvalue weighted by Gasteiger charge is 2.28. The number of rotatable bonds is 10. The highest BCUT2D eigenvalue weighted by atomic mass is 16.5. The van der Waals surface area contributed by atoms with Crippen molar-refractivity contribution in [2.75, 3.05) is 13.7 Å². The van der Waals surface area contributed by atoms with Crippen LogP contribution < -0.4 is 20.1 Å². The Balaban J connectivity index is 1.62. The van der Waals surface area contributed by atoms with Crippen LogP contribution in [0.4, 0.5) is 0 Å². The molecule has 30 heavy (non-hydrogen) atoms. The summed E-state index contributed by atoms with van der Waals surface area (Å²) in [5.41, 5.74) is 1.44. The molecule has 1 unspecified atom stereocenters. The van der Waals surface area contributed by atoms with E-state index in [4.69, 9.17) is 9.47 Å². The van der Waals surface area contributed by atoms with Crippen LogP contribution in [0.25, 0.3) is 0 Å². The van der Waals surface area contributed by atoms with Crippen molar-refractivity contribution in [3.05, 3.63) is 59.7 Å². The second kappa shape index (κ2) is 9.91. The van der Waals surface area contributed by atoms with Crippen molar-refractivity contribution in [3.63, 3.8) is 0 Å². The molecular formula is C23H26N2O5. The van der Waals surface area contributed by atoms with E-state index in [1.54, 1.807) is 18.2 Å². The predicted molar refractivity (Wildman–Crippen MR) is 112 cm³/mol. The number of benzene rings is 2. The van der Waals surface area contributed by atoms with E-state index >= 15 is 0 Å². The third-order valence-corrected chi connectivity index (χ3v) is 4.79. The van der Waals surface area contributed by atoms with E-state index in [0.29, 0.717) is 23.5 Å². The SMILES string of the molecule is COc1cc(C(C)=O)ccc1OCC(=O)NC(Cc1ccccc1)C(=O)NC1CC1. The van der Waals surface area contributed by atoms with Gasteiger partial charge in [-0.05, 0) is 43.5 Å². The third kappa shape index (κ3) is 6.07. The van der Waals surface area contributed by atoms with Gasteiger partial charge in [0, 0.05) is 18.0 Å². The normalized spacial score (nSPS) is 13.8. The number of hydrogen-bond acceptors (Lipinski definition) is 5. The Hall–Kier alpha value is -3.35. The minimum atomic E-state index is -0.689. The molecule has 3 rings (SSSR count). The topological polar surface area (TPSA) is 93.7 Å². The molecule has 0 aliphatic heterocycles. The van der Waals surface area contributed by atoms with Crippen LogP contribution in [0.15, 0.2) is 48.5 Å². The molecule has 0 saturated heterocycles. The zero-order chi connectivity index (χ0) is 21.5. The largest absolute Gasteiger partial charge is 0.493 e. The summed E-state index contributed by atoms with van der Waals surface area (Å²) in [5, 5.41) is 5.71. The van der Waals surface area contributed by atoms with E-state index in [0.717, 1.165) is 18.4 Å². The lowest BCUT2D eigenvalue weighted by molar-refractivity contribution is -0.130. The summed E-state index contributed by atoms with van der Waals surface area (Å²) in [4.78, 5) is 36.6. The molecule has 7 nitrogen and oxygen atoms in total. The highest BCUT2D eigenvalue weighted by molar-refractivity contribution is 5.94. The summed E-state index contributed by atoms with van der Waals surface area (Å²) >= 11 is 0. The molecule has 0 bridgehead atoms. The molecule has 1 aliphatic carbocycles. The summed E-state index contributed by atoms with van der Waals surface area (Å²) in [5.74, 6) is 0.00296. The number of Topliss-reactive ketones (excluding diaryl/α,β-unsaturated/α-hetero) is 1. The average molecular weight is 410 g/mol. The molecule has 1 aliphatic rings. The van der Waals surface area contributed by atoms with Crippen LogP contribution in [0.2, 0.25) is 0 Å². The lowest BCUT2D eigenvalue weighted by atomic mass is 10.1. The lowest BCUT2D eigenvalue weighted by Gasteiger charge is -2.19.